The van der Waals surface area contributed by atoms with E-state index in [0.29, 0.717) is 0 Å². The fourth-order valence-electron chi connectivity index (χ4n) is 3.15. The average Bonchev–Trinajstić information content (AvgIpc) is 3.46. The molecule has 1 saturated carbocycles. The Morgan fingerprint density at radius 1 is 1.16 bits per heavy atom. The molecule has 1 N–H and O–H groups in total. The molecule has 0 atom stereocenters. The maximum absolute atomic E-state index is 5.24. The second-order valence-electron chi connectivity index (χ2n) is 6.64. The molecule has 0 radical (unpaired) electrons. The van der Waals surface area contributed by atoms with Crippen molar-refractivity contribution in [3.05, 3.63) is 24.3 Å². The van der Waals surface area contributed by atoms with E-state index in [0.717, 1.165) is 56.9 Å². The number of rotatable bonds is 6. The summed E-state index contributed by atoms with van der Waals surface area (Å²) in [4.78, 5) is 9.67. The summed E-state index contributed by atoms with van der Waals surface area (Å²) in [6.07, 6.45) is 4.07. The number of piperazine rings is 1. The molecule has 0 bridgehead atoms. The predicted molar refractivity (Wildman–Crippen MR) is 116 cm³/mol. The van der Waals surface area contributed by atoms with Crippen LogP contribution in [0.1, 0.15) is 26.2 Å². The van der Waals surface area contributed by atoms with Gasteiger partial charge in [0.25, 0.3) is 0 Å². The van der Waals surface area contributed by atoms with Crippen LogP contribution in [0.2, 0.25) is 0 Å². The van der Waals surface area contributed by atoms with Gasteiger partial charge in [0.15, 0.2) is 5.96 Å². The first-order valence-electron chi connectivity index (χ1n) is 9.22. The highest BCUT2D eigenvalue weighted by molar-refractivity contribution is 14.0. The molecule has 1 aliphatic heterocycles. The second kappa shape index (κ2) is 10.1. The molecule has 0 aromatic heterocycles. The van der Waals surface area contributed by atoms with E-state index >= 15 is 0 Å². The van der Waals surface area contributed by atoms with E-state index in [1.165, 1.54) is 24.9 Å². The minimum Gasteiger partial charge on any atom is -0.497 e. The molecule has 5 nitrogen and oxygen atoms in total. The van der Waals surface area contributed by atoms with Gasteiger partial charge in [-0.3, -0.25) is 4.99 Å². The third-order valence-corrected chi connectivity index (χ3v) is 4.85. The van der Waals surface area contributed by atoms with E-state index in [1.807, 2.05) is 12.1 Å². The summed E-state index contributed by atoms with van der Waals surface area (Å²) in [6, 6.07) is 8.35. The zero-order chi connectivity index (χ0) is 16.8. The van der Waals surface area contributed by atoms with Crippen LogP contribution in [0.15, 0.2) is 29.3 Å². The fourth-order valence-corrected chi connectivity index (χ4v) is 3.15. The van der Waals surface area contributed by atoms with Gasteiger partial charge in [0.05, 0.1) is 7.11 Å². The monoisotopic (exact) mass is 458 g/mol. The van der Waals surface area contributed by atoms with Crippen LogP contribution in [0.3, 0.4) is 0 Å². The minimum absolute atomic E-state index is 0. The van der Waals surface area contributed by atoms with Gasteiger partial charge in [0, 0.05) is 45.0 Å². The molecule has 0 unspecified atom stereocenters. The number of nitrogens with zero attached hydrogens (tertiary/aromatic N) is 3. The number of methoxy groups -OCH3 is 1. The molecule has 1 saturated heterocycles. The Bertz CT molecular complexity index is 537. The smallest absolute Gasteiger partial charge is 0.194 e. The topological polar surface area (TPSA) is 40.1 Å². The van der Waals surface area contributed by atoms with Crippen molar-refractivity contribution in [2.75, 3.05) is 51.3 Å². The lowest BCUT2D eigenvalue weighted by molar-refractivity contribution is 0.372. The van der Waals surface area contributed by atoms with Crippen molar-refractivity contribution in [2.24, 2.45) is 10.9 Å². The van der Waals surface area contributed by atoms with Crippen molar-refractivity contribution in [3.8, 4) is 5.75 Å². The zero-order valence-electron chi connectivity index (χ0n) is 15.4. The van der Waals surface area contributed by atoms with E-state index in [9.17, 15) is 0 Å². The Morgan fingerprint density at radius 2 is 1.84 bits per heavy atom. The maximum Gasteiger partial charge on any atom is 0.194 e. The van der Waals surface area contributed by atoms with Crippen LogP contribution in [-0.4, -0.2) is 57.2 Å². The number of benzene rings is 1. The van der Waals surface area contributed by atoms with Crippen LogP contribution in [0.5, 0.6) is 5.75 Å². The minimum atomic E-state index is 0. The number of hydrogen-bond acceptors (Lipinski definition) is 3. The third-order valence-electron chi connectivity index (χ3n) is 4.85. The summed E-state index contributed by atoms with van der Waals surface area (Å²) in [5, 5.41) is 3.46. The van der Waals surface area contributed by atoms with Gasteiger partial charge in [-0.05, 0) is 43.5 Å². The lowest BCUT2D eigenvalue weighted by atomic mass is 10.2. The Hall–Kier alpha value is -1.18. The number of halogens is 1. The quantitative estimate of drug-likeness (QED) is 0.404. The largest absolute Gasteiger partial charge is 0.497 e. The van der Waals surface area contributed by atoms with E-state index < -0.39 is 0 Å². The predicted octanol–water partition coefficient (Wildman–Crippen LogP) is 3.20. The lowest BCUT2D eigenvalue weighted by Gasteiger charge is -2.37. The first-order valence-corrected chi connectivity index (χ1v) is 9.22. The number of anilines is 1. The lowest BCUT2D eigenvalue weighted by Crippen LogP contribution is -2.52. The highest BCUT2D eigenvalue weighted by Gasteiger charge is 2.22. The normalized spacial score (nSPS) is 17.9. The van der Waals surface area contributed by atoms with Crippen LogP contribution in [-0.2, 0) is 0 Å². The molecule has 2 aliphatic rings. The van der Waals surface area contributed by atoms with Gasteiger partial charge in [0.1, 0.15) is 5.75 Å². The molecular weight excluding hydrogens is 427 g/mol. The van der Waals surface area contributed by atoms with Gasteiger partial charge in [-0.15, -0.1) is 24.0 Å². The SMILES string of the molecule is CCNC(=NCCC1CC1)N1CCN(c2ccc(OC)cc2)CC1.I. The number of nitrogens with one attached hydrogen (secondary N) is 1. The molecule has 140 valence electrons. The molecule has 1 aromatic rings. The third kappa shape index (κ3) is 5.94. The Balaban J connectivity index is 0.00000225. The summed E-state index contributed by atoms with van der Waals surface area (Å²) in [6.45, 7) is 8.12. The van der Waals surface area contributed by atoms with Gasteiger partial charge in [-0.25, -0.2) is 0 Å². The zero-order valence-corrected chi connectivity index (χ0v) is 17.7. The first-order chi connectivity index (χ1) is 11.8. The molecule has 1 aromatic carbocycles. The van der Waals surface area contributed by atoms with Gasteiger partial charge >= 0.3 is 0 Å². The van der Waals surface area contributed by atoms with E-state index in [2.05, 4.69) is 34.2 Å². The van der Waals surface area contributed by atoms with Gasteiger partial charge in [-0.2, -0.15) is 0 Å². The van der Waals surface area contributed by atoms with Crippen molar-refractivity contribution in [1.29, 1.82) is 0 Å². The highest BCUT2D eigenvalue weighted by Crippen LogP contribution is 2.32. The van der Waals surface area contributed by atoms with Gasteiger partial charge < -0.3 is 19.9 Å². The molecule has 1 heterocycles. The summed E-state index contributed by atoms with van der Waals surface area (Å²) < 4.78 is 5.24. The van der Waals surface area contributed by atoms with Crippen LogP contribution >= 0.6 is 24.0 Å². The van der Waals surface area contributed by atoms with Crippen LogP contribution in [0, 0.1) is 5.92 Å². The second-order valence-corrected chi connectivity index (χ2v) is 6.64. The molecular formula is C19H31IN4O. The number of aliphatic imine (C=N–C) groups is 1. The Kier molecular flexibility index (Phi) is 8.12. The van der Waals surface area contributed by atoms with E-state index in [4.69, 9.17) is 9.73 Å². The summed E-state index contributed by atoms with van der Waals surface area (Å²) >= 11 is 0. The number of guanidine groups is 1. The molecule has 25 heavy (non-hydrogen) atoms. The molecule has 3 rings (SSSR count). The molecule has 0 spiro atoms. The van der Waals surface area contributed by atoms with Crippen molar-refractivity contribution in [3.63, 3.8) is 0 Å². The summed E-state index contributed by atoms with van der Waals surface area (Å²) in [5.41, 5.74) is 1.27. The first kappa shape index (κ1) is 20.1. The van der Waals surface area contributed by atoms with Crippen LogP contribution in [0.25, 0.3) is 0 Å². The van der Waals surface area contributed by atoms with E-state index in [-0.39, 0.29) is 24.0 Å². The van der Waals surface area contributed by atoms with Crippen molar-refractivity contribution < 1.29 is 4.74 Å². The van der Waals surface area contributed by atoms with Crippen molar-refractivity contribution in [1.82, 2.24) is 10.2 Å². The molecule has 2 fully saturated rings. The van der Waals surface area contributed by atoms with E-state index in [1.54, 1.807) is 7.11 Å². The van der Waals surface area contributed by atoms with Crippen LogP contribution in [0.4, 0.5) is 5.69 Å². The maximum atomic E-state index is 5.24. The van der Waals surface area contributed by atoms with Crippen molar-refractivity contribution in [2.45, 2.75) is 26.2 Å². The standard InChI is InChI=1S/C19H30N4O.HI/c1-3-20-19(21-11-10-16-4-5-16)23-14-12-22(13-15-23)17-6-8-18(24-2)9-7-17;/h6-9,16H,3-5,10-15H2,1-2H3,(H,20,21);1H. The molecule has 1 aliphatic carbocycles. The summed E-state index contributed by atoms with van der Waals surface area (Å²) in [7, 11) is 1.71. The molecule has 0 amide bonds. The number of ether oxygens (including phenoxy) is 1. The number of hydrogen-bond donors (Lipinski definition) is 1. The Labute approximate surface area is 168 Å². The van der Waals surface area contributed by atoms with Gasteiger partial charge in [0.2, 0.25) is 0 Å². The van der Waals surface area contributed by atoms with Crippen molar-refractivity contribution >= 4 is 35.6 Å². The highest BCUT2D eigenvalue weighted by atomic mass is 127. The fraction of sp³-hybridized carbons (Fsp3) is 0.632. The average molecular weight is 458 g/mol. The summed E-state index contributed by atoms with van der Waals surface area (Å²) in [5.74, 6) is 2.95. The molecule has 6 heteroatoms. The van der Waals surface area contributed by atoms with Gasteiger partial charge in [-0.1, -0.05) is 12.8 Å². The Morgan fingerprint density at radius 3 is 2.40 bits per heavy atom. The van der Waals surface area contributed by atoms with Crippen LogP contribution < -0.4 is 15.0 Å².